The summed E-state index contributed by atoms with van der Waals surface area (Å²) >= 11 is 0. The number of nitrogens with zero attached hydrogens (tertiary/aromatic N) is 2. The van der Waals surface area contributed by atoms with Gasteiger partial charge in [-0.2, -0.15) is 0 Å². The van der Waals surface area contributed by atoms with Crippen LogP contribution in [0.15, 0.2) is 72.2 Å². The molecule has 2 heterocycles. The molecule has 2 atom stereocenters. The van der Waals surface area contributed by atoms with E-state index in [1.54, 1.807) is 0 Å². The van der Waals surface area contributed by atoms with E-state index in [4.69, 9.17) is 5.73 Å². The van der Waals surface area contributed by atoms with Crippen molar-refractivity contribution < 1.29 is 4.79 Å². The molecule has 1 saturated heterocycles. The van der Waals surface area contributed by atoms with Crippen LogP contribution in [0.5, 0.6) is 0 Å². The molecule has 2 unspecified atom stereocenters. The Balaban J connectivity index is 1.90. The molecule has 5 N–H and O–H groups in total. The number of carbonyl (C=O) groups excluding carboxylic acids is 1. The van der Waals surface area contributed by atoms with Gasteiger partial charge in [0.15, 0.2) is 0 Å². The lowest BCUT2D eigenvalue weighted by atomic mass is 9.97. The molecule has 3 rings (SSSR count). The summed E-state index contributed by atoms with van der Waals surface area (Å²) in [4.78, 5) is 16.6. The average Bonchev–Trinajstić information content (AvgIpc) is 2.81. The van der Waals surface area contributed by atoms with Gasteiger partial charge in [0, 0.05) is 25.0 Å². The number of nitrogens with one attached hydrogen (secondary N) is 3. The molecule has 7 heteroatoms. The summed E-state index contributed by atoms with van der Waals surface area (Å²) in [5.41, 5.74) is 9.84. The van der Waals surface area contributed by atoms with E-state index in [2.05, 4.69) is 57.6 Å². The van der Waals surface area contributed by atoms with Crippen molar-refractivity contribution in [1.82, 2.24) is 20.4 Å². The Morgan fingerprint density at radius 2 is 2.06 bits per heavy atom. The third-order valence-electron chi connectivity index (χ3n) is 6.07. The van der Waals surface area contributed by atoms with Crippen LogP contribution in [0.2, 0.25) is 0 Å². The number of likely N-dealkylation sites (tertiary alicyclic amines) is 1. The first kappa shape index (κ1) is 24.6. The maximum atomic E-state index is 11.8. The predicted molar refractivity (Wildman–Crippen MR) is 136 cm³/mol. The second-order valence-corrected chi connectivity index (χ2v) is 8.80. The highest BCUT2D eigenvalue weighted by Crippen LogP contribution is 2.31. The Morgan fingerprint density at radius 3 is 2.73 bits per heavy atom. The van der Waals surface area contributed by atoms with Crippen molar-refractivity contribution in [1.29, 1.82) is 0 Å². The Kier molecular flexibility index (Phi) is 8.74. The fraction of sp³-hybridized carbons (Fsp3) is 0.423. The molecule has 2 aliphatic heterocycles. The minimum Gasteiger partial charge on any atom is -0.402 e. The Hall–Kier alpha value is -3.03. The zero-order valence-electron chi connectivity index (χ0n) is 20.1. The molecule has 1 aromatic carbocycles. The summed E-state index contributed by atoms with van der Waals surface area (Å²) in [5.74, 6) is 0.806. The van der Waals surface area contributed by atoms with E-state index in [9.17, 15) is 4.79 Å². The molecule has 1 amide bonds. The molecule has 0 spiro atoms. The molecular formula is C26H38N6O. The molecule has 0 bridgehead atoms. The van der Waals surface area contributed by atoms with E-state index < -0.39 is 0 Å². The van der Waals surface area contributed by atoms with E-state index >= 15 is 0 Å². The second-order valence-electron chi connectivity index (χ2n) is 8.80. The quantitative estimate of drug-likeness (QED) is 0.342. The van der Waals surface area contributed by atoms with Crippen molar-refractivity contribution in [3.05, 3.63) is 77.8 Å². The van der Waals surface area contributed by atoms with Crippen LogP contribution in [-0.2, 0) is 4.79 Å². The van der Waals surface area contributed by atoms with Gasteiger partial charge in [0.2, 0.25) is 5.91 Å². The largest absolute Gasteiger partial charge is 0.402 e. The minimum atomic E-state index is -0.214. The third-order valence-corrected chi connectivity index (χ3v) is 6.07. The molecule has 1 fully saturated rings. The number of carbonyl (C=O) groups is 1. The van der Waals surface area contributed by atoms with Gasteiger partial charge >= 0.3 is 0 Å². The lowest BCUT2D eigenvalue weighted by molar-refractivity contribution is -0.111. The summed E-state index contributed by atoms with van der Waals surface area (Å²) in [6, 6.07) is 8.02. The van der Waals surface area contributed by atoms with Crippen LogP contribution in [0.3, 0.4) is 0 Å². The van der Waals surface area contributed by atoms with E-state index in [-0.39, 0.29) is 18.1 Å². The number of nitrogens with two attached hydrogens (primary N) is 1. The number of amides is 1. The van der Waals surface area contributed by atoms with E-state index in [1.807, 2.05) is 38.2 Å². The average molecular weight is 451 g/mol. The highest BCUT2D eigenvalue weighted by atomic mass is 16.1. The number of piperidine rings is 1. The highest BCUT2D eigenvalue weighted by Gasteiger charge is 2.25. The van der Waals surface area contributed by atoms with Crippen LogP contribution in [0, 0.1) is 0 Å². The van der Waals surface area contributed by atoms with Gasteiger partial charge in [-0.15, -0.1) is 0 Å². The zero-order chi connectivity index (χ0) is 23.8. The first-order valence-electron chi connectivity index (χ1n) is 11.7. The maximum Gasteiger partial charge on any atom is 0.247 e. The number of allylic oxidation sites excluding steroid dienone is 1. The third kappa shape index (κ3) is 6.97. The number of likely N-dealkylation sites (N-methyl/N-ethyl adjacent to an activating group) is 2. The van der Waals surface area contributed by atoms with Gasteiger partial charge < -0.3 is 21.3 Å². The summed E-state index contributed by atoms with van der Waals surface area (Å²) in [6.07, 6.45) is 11.6. The molecule has 0 saturated carbocycles. The van der Waals surface area contributed by atoms with Crippen LogP contribution in [-0.4, -0.2) is 55.6 Å². The number of rotatable bonds is 9. The van der Waals surface area contributed by atoms with Gasteiger partial charge in [0.25, 0.3) is 0 Å². The molecule has 0 aromatic heterocycles. The van der Waals surface area contributed by atoms with Gasteiger partial charge in [-0.25, -0.2) is 0 Å². The fourth-order valence-electron chi connectivity index (χ4n) is 4.34. The maximum absolute atomic E-state index is 11.8. The van der Waals surface area contributed by atoms with Gasteiger partial charge in [-0.3, -0.25) is 15.0 Å². The monoisotopic (exact) mass is 450 g/mol. The molecule has 0 radical (unpaired) electrons. The number of benzene rings is 1. The zero-order valence-corrected chi connectivity index (χ0v) is 20.1. The van der Waals surface area contributed by atoms with Gasteiger partial charge in [0.05, 0.1) is 12.2 Å². The second kappa shape index (κ2) is 11.7. The van der Waals surface area contributed by atoms with Crippen molar-refractivity contribution in [2.24, 2.45) is 5.73 Å². The van der Waals surface area contributed by atoms with Crippen LogP contribution in [0.4, 0.5) is 5.69 Å². The van der Waals surface area contributed by atoms with Crippen molar-refractivity contribution in [3.63, 3.8) is 0 Å². The van der Waals surface area contributed by atoms with Crippen LogP contribution in [0.25, 0.3) is 0 Å². The summed E-state index contributed by atoms with van der Waals surface area (Å²) in [5, 5.41) is 9.72. The van der Waals surface area contributed by atoms with Gasteiger partial charge in [0.1, 0.15) is 5.82 Å². The van der Waals surface area contributed by atoms with Gasteiger partial charge in [-0.05, 0) is 81.4 Å². The normalized spacial score (nSPS) is 20.5. The Labute approximate surface area is 198 Å². The van der Waals surface area contributed by atoms with Crippen LogP contribution >= 0.6 is 0 Å². The van der Waals surface area contributed by atoms with E-state index in [1.165, 1.54) is 30.9 Å². The van der Waals surface area contributed by atoms with E-state index in [0.717, 1.165) is 42.4 Å². The summed E-state index contributed by atoms with van der Waals surface area (Å²) < 4.78 is 0. The molecular weight excluding hydrogens is 412 g/mol. The first-order valence-corrected chi connectivity index (χ1v) is 11.7. The van der Waals surface area contributed by atoms with Crippen LogP contribution in [0.1, 0.15) is 37.8 Å². The van der Waals surface area contributed by atoms with Crippen molar-refractivity contribution in [3.8, 4) is 0 Å². The SMILES string of the molecule is C=CC(=O)Nc1cccc(C2C=C(CN3CCCCC3)C=C(NC(/C=C(/C)N)NC)N2C)c1. The van der Waals surface area contributed by atoms with E-state index in [0.29, 0.717) is 0 Å². The predicted octanol–water partition coefficient (Wildman–Crippen LogP) is 3.05. The Morgan fingerprint density at radius 1 is 1.30 bits per heavy atom. The van der Waals surface area contributed by atoms with Crippen molar-refractivity contribution >= 4 is 11.6 Å². The molecule has 2 aliphatic rings. The lowest BCUT2D eigenvalue weighted by Gasteiger charge is -2.37. The number of hydrogen-bond donors (Lipinski definition) is 4. The molecule has 178 valence electrons. The summed E-state index contributed by atoms with van der Waals surface area (Å²) in [6.45, 7) is 8.65. The number of hydrogen-bond acceptors (Lipinski definition) is 6. The van der Waals surface area contributed by atoms with Crippen LogP contribution < -0.4 is 21.7 Å². The minimum absolute atomic E-state index is 0.0262. The molecule has 7 nitrogen and oxygen atoms in total. The smallest absolute Gasteiger partial charge is 0.247 e. The molecule has 33 heavy (non-hydrogen) atoms. The first-order chi connectivity index (χ1) is 15.9. The number of anilines is 1. The summed E-state index contributed by atoms with van der Waals surface area (Å²) in [7, 11) is 3.99. The topological polar surface area (TPSA) is 85.7 Å². The Bertz CT molecular complexity index is 924. The lowest BCUT2D eigenvalue weighted by Crippen LogP contribution is -2.44. The van der Waals surface area contributed by atoms with Gasteiger partial charge in [-0.1, -0.05) is 31.2 Å². The fourth-order valence-corrected chi connectivity index (χ4v) is 4.34. The van der Waals surface area contributed by atoms with Crippen molar-refractivity contribution in [2.75, 3.05) is 39.0 Å². The molecule has 1 aromatic rings. The standard InChI is InChI=1S/C26H38N6O/c1-5-26(33)29-22-11-9-10-21(17-22)23-15-20(18-32-12-7-6-8-13-32)16-25(31(23)4)30-24(28-3)14-19(2)27/h5,9-11,14-17,23-24,28,30H,1,6-8,12-13,18,27H2,2-4H3,(H,29,33)/b19-14-. The van der Waals surface area contributed by atoms with Crippen molar-refractivity contribution in [2.45, 2.75) is 38.4 Å². The molecule has 0 aliphatic carbocycles. The highest BCUT2D eigenvalue weighted by molar-refractivity contribution is 5.98.